The Balaban J connectivity index is 1.37. The molecule has 10 heteroatoms. The Kier molecular flexibility index (Phi) is 6.53. The second kappa shape index (κ2) is 9.25. The summed E-state index contributed by atoms with van der Waals surface area (Å²) in [6.07, 6.45) is 1.72. The molecule has 1 N–H and O–H groups in total. The maximum absolute atomic E-state index is 14.5. The quantitative estimate of drug-likeness (QED) is 0.709. The van der Waals surface area contributed by atoms with Gasteiger partial charge in [-0.2, -0.15) is 0 Å². The number of nitrogens with zero attached hydrogens (tertiary/aromatic N) is 3. The molecule has 2 aliphatic heterocycles. The summed E-state index contributed by atoms with van der Waals surface area (Å²) in [5, 5.41) is 9.95. The number of aliphatic carboxylic acids is 1. The molecule has 0 unspecified atom stereocenters. The Hall–Kier alpha value is -3.14. The molecule has 2 aromatic carbocycles. The number of benzene rings is 2. The maximum Gasteiger partial charge on any atom is 0.320 e. The molecule has 2 saturated heterocycles. The second-order valence-corrected chi connectivity index (χ2v) is 10.9. The van der Waals surface area contributed by atoms with Crippen LogP contribution in [0.3, 0.4) is 0 Å². The molecule has 2 heterocycles. The van der Waals surface area contributed by atoms with Gasteiger partial charge in [0.2, 0.25) is 0 Å². The van der Waals surface area contributed by atoms with Gasteiger partial charge in [0.15, 0.2) is 9.84 Å². The van der Waals surface area contributed by atoms with Crippen LogP contribution in [0.2, 0.25) is 0 Å². The zero-order valence-electron chi connectivity index (χ0n) is 19.0. The predicted molar refractivity (Wildman–Crippen MR) is 125 cm³/mol. The molecule has 0 aliphatic carbocycles. The molecule has 0 spiro atoms. The number of urea groups is 1. The van der Waals surface area contributed by atoms with Gasteiger partial charge in [-0.1, -0.05) is 30.3 Å². The van der Waals surface area contributed by atoms with Gasteiger partial charge in [-0.05, 0) is 36.6 Å². The van der Waals surface area contributed by atoms with E-state index in [9.17, 15) is 27.5 Å². The van der Waals surface area contributed by atoms with Gasteiger partial charge in [-0.25, -0.2) is 17.6 Å². The summed E-state index contributed by atoms with van der Waals surface area (Å²) >= 11 is 0. The number of piperidine rings is 1. The van der Waals surface area contributed by atoms with E-state index in [0.29, 0.717) is 57.8 Å². The lowest BCUT2D eigenvalue weighted by atomic mass is 9.73. The molecule has 2 aliphatic rings. The number of carbonyl (C=O) groups excluding carboxylic acids is 1. The first-order valence-corrected chi connectivity index (χ1v) is 13.1. The van der Waals surface area contributed by atoms with Crippen LogP contribution in [0.25, 0.3) is 0 Å². The minimum atomic E-state index is -3.49. The monoisotopic (exact) mass is 489 g/mol. The topological polar surface area (TPSA) is 98.2 Å². The fraction of sp³-hybridized carbons (Fsp3) is 0.417. The average Bonchev–Trinajstić information content (AvgIpc) is 2.83. The van der Waals surface area contributed by atoms with Crippen LogP contribution in [0.1, 0.15) is 18.4 Å². The van der Waals surface area contributed by atoms with Crippen LogP contribution in [0, 0.1) is 5.82 Å². The highest BCUT2D eigenvalue weighted by molar-refractivity contribution is 7.90. The van der Waals surface area contributed by atoms with Crippen LogP contribution in [-0.4, -0.2) is 80.8 Å². The van der Waals surface area contributed by atoms with Crippen LogP contribution >= 0.6 is 0 Å². The fourth-order valence-electron chi connectivity index (χ4n) is 4.78. The predicted octanol–water partition coefficient (Wildman–Crippen LogP) is 2.59. The second-order valence-electron chi connectivity index (χ2n) is 8.88. The molecule has 2 amide bonds. The van der Waals surface area contributed by atoms with Crippen molar-refractivity contribution in [2.45, 2.75) is 23.2 Å². The van der Waals surface area contributed by atoms with Crippen molar-refractivity contribution in [2.75, 3.05) is 50.4 Å². The van der Waals surface area contributed by atoms with Gasteiger partial charge in [0, 0.05) is 45.5 Å². The summed E-state index contributed by atoms with van der Waals surface area (Å²) in [7, 11) is -3.49. The van der Waals surface area contributed by atoms with Gasteiger partial charge < -0.3 is 19.8 Å². The van der Waals surface area contributed by atoms with Crippen molar-refractivity contribution in [2.24, 2.45) is 0 Å². The van der Waals surface area contributed by atoms with Gasteiger partial charge in [0.25, 0.3) is 0 Å². The van der Waals surface area contributed by atoms with Crippen molar-refractivity contribution < 1.29 is 27.5 Å². The number of rotatable bonds is 4. The minimum Gasteiger partial charge on any atom is -0.481 e. The van der Waals surface area contributed by atoms with Gasteiger partial charge in [0.1, 0.15) is 5.82 Å². The largest absolute Gasteiger partial charge is 0.481 e. The van der Waals surface area contributed by atoms with E-state index in [2.05, 4.69) is 0 Å². The smallest absolute Gasteiger partial charge is 0.320 e. The number of piperazine rings is 1. The first kappa shape index (κ1) is 24.0. The van der Waals surface area contributed by atoms with Gasteiger partial charge in [-0.15, -0.1) is 0 Å². The van der Waals surface area contributed by atoms with E-state index in [1.54, 1.807) is 14.7 Å². The third kappa shape index (κ3) is 4.59. The third-order valence-corrected chi connectivity index (χ3v) is 7.97. The standard InChI is InChI=1S/C24H28FN3O5S/c1-34(32,33)19-7-8-21(20(25)17-19)26-13-15-28(16-14-26)23(31)27-11-9-24(10-12-27,22(29)30)18-5-3-2-4-6-18/h2-8,17H,9-16H2,1H3,(H,29,30). The molecule has 4 rings (SSSR count). The van der Waals surface area contributed by atoms with Crippen molar-refractivity contribution >= 4 is 27.5 Å². The summed E-state index contributed by atoms with van der Waals surface area (Å²) in [5.74, 6) is -1.48. The van der Waals surface area contributed by atoms with Crippen molar-refractivity contribution in [3.8, 4) is 0 Å². The van der Waals surface area contributed by atoms with Crippen molar-refractivity contribution in [3.05, 3.63) is 59.9 Å². The first-order valence-electron chi connectivity index (χ1n) is 11.2. The van der Waals surface area contributed by atoms with Crippen LogP contribution in [-0.2, 0) is 20.0 Å². The first-order chi connectivity index (χ1) is 16.1. The number of amides is 2. The van der Waals surface area contributed by atoms with Gasteiger partial charge in [-0.3, -0.25) is 4.79 Å². The molecule has 0 aromatic heterocycles. The summed E-state index contributed by atoms with van der Waals surface area (Å²) in [6.45, 7) is 2.32. The number of carbonyl (C=O) groups is 2. The molecule has 0 bridgehead atoms. The number of halogens is 1. The maximum atomic E-state index is 14.5. The Morgan fingerprint density at radius 2 is 1.50 bits per heavy atom. The molecule has 0 atom stereocenters. The Bertz CT molecular complexity index is 1170. The molecular weight excluding hydrogens is 461 g/mol. The van der Waals surface area contributed by atoms with Crippen LogP contribution in [0.5, 0.6) is 0 Å². The van der Waals surface area contributed by atoms with E-state index in [1.807, 2.05) is 30.3 Å². The van der Waals surface area contributed by atoms with Crippen molar-refractivity contribution in [3.63, 3.8) is 0 Å². The van der Waals surface area contributed by atoms with E-state index in [4.69, 9.17) is 0 Å². The number of carboxylic acid groups (broad SMARTS) is 1. The highest BCUT2D eigenvalue weighted by Crippen LogP contribution is 2.36. The Labute approximate surface area is 198 Å². The fourth-order valence-corrected chi connectivity index (χ4v) is 5.41. The number of anilines is 1. The summed E-state index contributed by atoms with van der Waals surface area (Å²) in [6, 6.07) is 12.9. The molecule has 2 fully saturated rings. The highest BCUT2D eigenvalue weighted by atomic mass is 32.2. The molecular formula is C24H28FN3O5S. The number of hydrogen-bond donors (Lipinski definition) is 1. The van der Waals surface area contributed by atoms with E-state index in [-0.39, 0.29) is 10.9 Å². The summed E-state index contributed by atoms with van der Waals surface area (Å²) in [4.78, 5) is 30.4. The Morgan fingerprint density at radius 1 is 0.912 bits per heavy atom. The number of carboxylic acids is 1. The van der Waals surface area contributed by atoms with E-state index >= 15 is 0 Å². The summed E-state index contributed by atoms with van der Waals surface area (Å²) in [5.41, 5.74) is 0.0746. The van der Waals surface area contributed by atoms with Crippen LogP contribution in [0.15, 0.2) is 53.4 Å². The molecule has 2 aromatic rings. The normalized spacial score (nSPS) is 18.6. The molecule has 0 saturated carbocycles. The van der Waals surface area contributed by atoms with E-state index in [0.717, 1.165) is 17.9 Å². The number of hydrogen-bond acceptors (Lipinski definition) is 5. The lowest BCUT2D eigenvalue weighted by molar-refractivity contribution is -0.145. The summed E-state index contributed by atoms with van der Waals surface area (Å²) < 4.78 is 37.8. The third-order valence-electron chi connectivity index (χ3n) is 6.86. The van der Waals surface area contributed by atoms with Crippen molar-refractivity contribution in [1.29, 1.82) is 0 Å². The van der Waals surface area contributed by atoms with Crippen molar-refractivity contribution in [1.82, 2.24) is 9.80 Å². The molecule has 0 radical (unpaired) electrons. The molecule has 8 nitrogen and oxygen atoms in total. The zero-order valence-corrected chi connectivity index (χ0v) is 19.8. The van der Waals surface area contributed by atoms with E-state index in [1.165, 1.54) is 12.1 Å². The highest BCUT2D eigenvalue weighted by Gasteiger charge is 2.44. The average molecular weight is 490 g/mol. The minimum absolute atomic E-state index is 0.0689. The van der Waals surface area contributed by atoms with E-state index < -0.39 is 27.0 Å². The lowest BCUT2D eigenvalue weighted by Crippen LogP contribution is -2.56. The number of likely N-dealkylation sites (tertiary alicyclic amines) is 1. The van der Waals surface area contributed by atoms with Crippen LogP contribution < -0.4 is 4.90 Å². The molecule has 182 valence electrons. The van der Waals surface area contributed by atoms with Gasteiger partial charge >= 0.3 is 12.0 Å². The Morgan fingerprint density at radius 3 is 2.03 bits per heavy atom. The lowest BCUT2D eigenvalue weighted by Gasteiger charge is -2.43. The van der Waals surface area contributed by atoms with Gasteiger partial charge in [0.05, 0.1) is 16.0 Å². The number of sulfone groups is 1. The van der Waals surface area contributed by atoms with Crippen LogP contribution in [0.4, 0.5) is 14.9 Å². The SMILES string of the molecule is CS(=O)(=O)c1ccc(N2CCN(C(=O)N3CCC(C(=O)O)(c4ccccc4)CC3)CC2)c(F)c1. The molecule has 34 heavy (non-hydrogen) atoms. The zero-order chi connectivity index (χ0) is 24.5.